The van der Waals surface area contributed by atoms with E-state index in [2.05, 4.69) is 39.8 Å². The molecule has 0 spiro atoms. The Hall–Kier alpha value is -3.40. The molecule has 1 N–H and O–H groups in total. The molecule has 0 aliphatic carbocycles. The summed E-state index contributed by atoms with van der Waals surface area (Å²) in [7, 11) is -2.04. The van der Waals surface area contributed by atoms with E-state index in [0.29, 0.717) is 35.0 Å². The Morgan fingerprint density at radius 2 is 1.94 bits per heavy atom. The number of carbonyl (C=O) groups is 1. The van der Waals surface area contributed by atoms with Gasteiger partial charge in [0, 0.05) is 16.9 Å². The molecular weight excluding hydrogens is 508 g/mol. The number of rotatable bonds is 10. The van der Waals surface area contributed by atoms with Crippen LogP contribution < -0.4 is 14.8 Å². The molecule has 1 heterocycles. The Balaban J connectivity index is 1.64. The number of nitrogens with one attached hydrogen (secondary N) is 1. The lowest BCUT2D eigenvalue weighted by Gasteiger charge is -2.11. The molecule has 0 unspecified atom stereocenters. The number of benzene rings is 2. The third-order valence-electron chi connectivity index (χ3n) is 4.44. The molecule has 182 valence electrons. The predicted octanol–water partition coefficient (Wildman–Crippen LogP) is 3.98. The highest BCUT2D eigenvalue weighted by molar-refractivity contribution is 7.99. The summed E-state index contributed by atoms with van der Waals surface area (Å²) >= 11 is 2.39. The Labute approximate surface area is 211 Å². The highest BCUT2D eigenvalue weighted by Crippen LogP contribution is 2.30. The van der Waals surface area contributed by atoms with E-state index >= 15 is 0 Å². The summed E-state index contributed by atoms with van der Waals surface area (Å²) in [4.78, 5) is 13.6. The minimum atomic E-state index is -3.54. The smallest absolute Gasteiger partial charge is 0.268 e. The normalized spacial score (nSPS) is 11.5. The Bertz CT molecular complexity index is 1380. The van der Waals surface area contributed by atoms with E-state index in [4.69, 9.17) is 9.47 Å². The van der Waals surface area contributed by atoms with Crippen molar-refractivity contribution in [2.45, 2.75) is 16.2 Å². The van der Waals surface area contributed by atoms with Crippen LogP contribution in [0.25, 0.3) is 6.08 Å². The standard InChI is InChI=1S/C23H22N4O5S3/c1-15-4-7-18(8-5-15)33-11-10-32-19-9-6-16(13-20(19)31-2)12-17(14-24)21(28)25-22-26-27-23(34-22)35(3,29)30/h4-9,12-13H,10-11H2,1-3H3,(H,25,26,28). The quantitative estimate of drug-likeness (QED) is 0.136. The lowest BCUT2D eigenvalue weighted by atomic mass is 10.1. The summed E-state index contributed by atoms with van der Waals surface area (Å²) in [6, 6.07) is 15.2. The SMILES string of the molecule is COc1cc(C=C(C#N)C(=O)Nc2nnc(S(C)(=O)=O)s2)ccc1OCCSc1ccc(C)cc1. The second-order valence-electron chi connectivity index (χ2n) is 7.19. The summed E-state index contributed by atoms with van der Waals surface area (Å²) in [6.07, 6.45) is 2.37. The number of hydrogen-bond donors (Lipinski definition) is 1. The van der Waals surface area contributed by atoms with Crippen molar-refractivity contribution in [3.05, 3.63) is 59.2 Å². The number of hydrogen-bond acceptors (Lipinski definition) is 10. The molecule has 3 aromatic rings. The van der Waals surface area contributed by atoms with Gasteiger partial charge in [0.1, 0.15) is 11.6 Å². The second kappa shape index (κ2) is 11.8. The van der Waals surface area contributed by atoms with Crippen molar-refractivity contribution in [2.24, 2.45) is 0 Å². The number of thioether (sulfide) groups is 1. The van der Waals surface area contributed by atoms with Gasteiger partial charge >= 0.3 is 0 Å². The van der Waals surface area contributed by atoms with Crippen LogP contribution in [0.1, 0.15) is 11.1 Å². The van der Waals surface area contributed by atoms with E-state index in [9.17, 15) is 18.5 Å². The van der Waals surface area contributed by atoms with Gasteiger partial charge < -0.3 is 9.47 Å². The monoisotopic (exact) mass is 530 g/mol. The van der Waals surface area contributed by atoms with Gasteiger partial charge in [-0.2, -0.15) is 5.26 Å². The van der Waals surface area contributed by atoms with E-state index in [-0.39, 0.29) is 15.0 Å². The first-order valence-electron chi connectivity index (χ1n) is 10.2. The van der Waals surface area contributed by atoms with Crippen molar-refractivity contribution < 1.29 is 22.7 Å². The highest BCUT2D eigenvalue weighted by atomic mass is 32.2. The summed E-state index contributed by atoms with van der Waals surface area (Å²) in [5, 5.41) is 19.0. The Morgan fingerprint density at radius 1 is 1.20 bits per heavy atom. The zero-order chi connectivity index (χ0) is 25.4. The topological polar surface area (TPSA) is 131 Å². The first kappa shape index (κ1) is 26.2. The molecular formula is C23H22N4O5S3. The lowest BCUT2D eigenvalue weighted by molar-refractivity contribution is -0.112. The molecule has 0 bridgehead atoms. The van der Waals surface area contributed by atoms with Crippen molar-refractivity contribution in [3.63, 3.8) is 0 Å². The van der Waals surface area contributed by atoms with Crippen LogP contribution in [-0.2, 0) is 14.6 Å². The number of anilines is 1. The molecule has 0 fully saturated rings. The third kappa shape index (κ3) is 7.54. The molecule has 12 heteroatoms. The van der Waals surface area contributed by atoms with Crippen LogP contribution in [-0.4, -0.2) is 50.2 Å². The number of sulfone groups is 1. The van der Waals surface area contributed by atoms with Gasteiger partial charge in [0.05, 0.1) is 13.7 Å². The largest absolute Gasteiger partial charge is 0.493 e. The molecule has 0 radical (unpaired) electrons. The third-order valence-corrected chi connectivity index (χ3v) is 7.92. The summed E-state index contributed by atoms with van der Waals surface area (Å²) < 4.78 is 34.1. The van der Waals surface area contributed by atoms with E-state index in [0.717, 1.165) is 16.9 Å². The molecule has 0 aliphatic heterocycles. The van der Waals surface area contributed by atoms with Gasteiger partial charge in [-0.25, -0.2) is 8.42 Å². The first-order chi connectivity index (χ1) is 16.7. The van der Waals surface area contributed by atoms with Crippen LogP contribution in [0.3, 0.4) is 0 Å². The predicted molar refractivity (Wildman–Crippen MR) is 136 cm³/mol. The van der Waals surface area contributed by atoms with Gasteiger partial charge in [0.2, 0.25) is 19.3 Å². The van der Waals surface area contributed by atoms with Crippen molar-refractivity contribution in [1.82, 2.24) is 10.2 Å². The highest BCUT2D eigenvalue weighted by Gasteiger charge is 2.17. The molecule has 1 aromatic heterocycles. The number of amides is 1. The Morgan fingerprint density at radius 3 is 2.57 bits per heavy atom. The minimum absolute atomic E-state index is 0.0265. The van der Waals surface area contributed by atoms with Gasteiger partial charge in [0.25, 0.3) is 5.91 Å². The van der Waals surface area contributed by atoms with E-state index in [1.807, 2.05) is 13.0 Å². The minimum Gasteiger partial charge on any atom is -0.493 e. The number of methoxy groups -OCH3 is 1. The van der Waals surface area contributed by atoms with E-state index < -0.39 is 15.7 Å². The molecule has 0 atom stereocenters. The fraction of sp³-hybridized carbons (Fsp3) is 0.217. The number of aromatic nitrogens is 2. The van der Waals surface area contributed by atoms with E-state index in [1.165, 1.54) is 18.7 Å². The fourth-order valence-electron chi connectivity index (χ4n) is 2.73. The van der Waals surface area contributed by atoms with Gasteiger partial charge in [-0.15, -0.1) is 22.0 Å². The van der Waals surface area contributed by atoms with Crippen molar-refractivity contribution in [1.29, 1.82) is 5.26 Å². The summed E-state index contributed by atoms with van der Waals surface area (Å²) in [6.45, 7) is 2.51. The van der Waals surface area contributed by atoms with Crippen LogP contribution in [0.15, 0.2) is 57.3 Å². The maximum atomic E-state index is 12.5. The van der Waals surface area contributed by atoms with Crippen molar-refractivity contribution in [3.8, 4) is 17.6 Å². The van der Waals surface area contributed by atoms with E-state index in [1.54, 1.807) is 30.0 Å². The van der Waals surface area contributed by atoms with Crippen LogP contribution in [0.5, 0.6) is 11.5 Å². The van der Waals surface area contributed by atoms with Crippen molar-refractivity contribution >= 4 is 50.1 Å². The van der Waals surface area contributed by atoms with Crippen LogP contribution in [0.4, 0.5) is 5.13 Å². The molecule has 9 nitrogen and oxygen atoms in total. The molecule has 0 saturated carbocycles. The van der Waals surface area contributed by atoms with Crippen LogP contribution in [0, 0.1) is 18.3 Å². The molecule has 3 rings (SSSR count). The van der Waals surface area contributed by atoms with Crippen LogP contribution >= 0.6 is 23.1 Å². The van der Waals surface area contributed by atoms with Gasteiger partial charge in [-0.05, 0) is 42.8 Å². The van der Waals surface area contributed by atoms with Gasteiger partial charge in [-0.1, -0.05) is 35.1 Å². The number of aryl methyl sites for hydroxylation is 1. The number of carbonyl (C=O) groups excluding carboxylic acids is 1. The van der Waals surface area contributed by atoms with Gasteiger partial charge in [-0.3, -0.25) is 10.1 Å². The Kier molecular flexibility index (Phi) is 8.86. The molecule has 0 saturated heterocycles. The number of nitriles is 1. The number of nitrogens with zero attached hydrogens (tertiary/aromatic N) is 3. The van der Waals surface area contributed by atoms with Gasteiger partial charge in [0.15, 0.2) is 11.5 Å². The molecule has 2 aromatic carbocycles. The fourth-order valence-corrected chi connectivity index (χ4v) is 4.96. The van der Waals surface area contributed by atoms with Crippen LogP contribution in [0.2, 0.25) is 0 Å². The molecule has 0 aliphatic rings. The maximum absolute atomic E-state index is 12.5. The summed E-state index contributed by atoms with van der Waals surface area (Å²) in [5.41, 5.74) is 1.55. The second-order valence-corrected chi connectivity index (χ2v) is 11.5. The zero-order valence-electron chi connectivity index (χ0n) is 19.1. The maximum Gasteiger partial charge on any atom is 0.268 e. The zero-order valence-corrected chi connectivity index (χ0v) is 21.6. The average molecular weight is 531 g/mol. The molecule has 1 amide bonds. The average Bonchev–Trinajstić information content (AvgIpc) is 3.31. The lowest BCUT2D eigenvalue weighted by Crippen LogP contribution is -2.13. The van der Waals surface area contributed by atoms with Crippen molar-refractivity contribution in [2.75, 3.05) is 31.0 Å². The summed E-state index contributed by atoms with van der Waals surface area (Å²) in [5.74, 6) is 1.01. The number of ether oxygens (including phenoxy) is 2. The molecule has 35 heavy (non-hydrogen) atoms. The first-order valence-corrected chi connectivity index (χ1v) is 13.9.